The lowest BCUT2D eigenvalue weighted by molar-refractivity contribution is -0.111. The second kappa shape index (κ2) is 9.89. The van der Waals surface area contributed by atoms with E-state index in [1.165, 1.54) is 6.07 Å². The van der Waals surface area contributed by atoms with Gasteiger partial charge in [-0.05, 0) is 67.3 Å². The Morgan fingerprint density at radius 2 is 1.88 bits per heavy atom. The average molecular weight is 469 g/mol. The molecular formula is C25H26F2N4OS. The third kappa shape index (κ3) is 4.86. The fourth-order valence-electron chi connectivity index (χ4n) is 4.11. The second-order valence-electron chi connectivity index (χ2n) is 8.38. The Balaban J connectivity index is 0.000000165. The number of fused-ring (bicyclic) bond motifs is 1. The molecule has 8 heteroatoms. The van der Waals surface area contributed by atoms with Crippen molar-refractivity contribution in [3.63, 3.8) is 0 Å². The molecule has 2 aliphatic heterocycles. The SMILES string of the molecule is CC1Cc2cc(F)c(SN)cc2N1C.O=CC1CN(c2ccc(-c3ccccn3)cc2F)C1. The van der Waals surface area contributed by atoms with Gasteiger partial charge in [-0.25, -0.2) is 8.78 Å². The molecule has 0 amide bonds. The van der Waals surface area contributed by atoms with Crippen molar-refractivity contribution < 1.29 is 13.6 Å². The van der Waals surface area contributed by atoms with Crippen molar-refractivity contribution in [1.82, 2.24) is 4.98 Å². The van der Waals surface area contributed by atoms with Gasteiger partial charge < -0.3 is 14.6 Å². The smallest absolute Gasteiger partial charge is 0.147 e. The fraction of sp³-hybridized carbons (Fsp3) is 0.280. The molecule has 1 atom stereocenters. The number of nitrogens with zero attached hydrogens (tertiary/aromatic N) is 3. The zero-order valence-electron chi connectivity index (χ0n) is 18.5. The largest absolute Gasteiger partial charge is 0.371 e. The maximum Gasteiger partial charge on any atom is 0.147 e. The van der Waals surface area contributed by atoms with Gasteiger partial charge in [0.05, 0.1) is 16.3 Å². The summed E-state index contributed by atoms with van der Waals surface area (Å²) in [6.07, 6.45) is 3.53. The number of rotatable bonds is 4. The number of nitrogens with two attached hydrogens (primary N) is 1. The van der Waals surface area contributed by atoms with Crippen molar-refractivity contribution in [3.05, 3.63) is 71.9 Å². The standard InChI is InChI=1S/C15H13FN2O.C10H13FN2S/c16-13-7-12(14-3-1-2-6-17-14)4-5-15(13)18-8-11(9-18)10-19;1-6-3-7-4-8(11)10(14-12)5-9(7)13(6)2/h1-7,10-11H,8-9H2;4-6H,3,12H2,1-2H3. The maximum absolute atomic E-state index is 14.1. The number of hydrogen-bond acceptors (Lipinski definition) is 6. The summed E-state index contributed by atoms with van der Waals surface area (Å²) in [7, 11) is 2.03. The summed E-state index contributed by atoms with van der Waals surface area (Å²) in [5, 5.41) is 5.38. The van der Waals surface area contributed by atoms with Crippen LogP contribution in [0.2, 0.25) is 0 Å². The van der Waals surface area contributed by atoms with E-state index in [1.54, 1.807) is 18.3 Å². The van der Waals surface area contributed by atoms with Crippen LogP contribution in [0.3, 0.4) is 0 Å². The molecule has 0 saturated carbocycles. The van der Waals surface area contributed by atoms with Crippen molar-refractivity contribution in [2.24, 2.45) is 11.1 Å². The topological polar surface area (TPSA) is 62.5 Å². The van der Waals surface area contributed by atoms with Gasteiger partial charge in [-0.2, -0.15) is 0 Å². The Kier molecular flexibility index (Phi) is 6.95. The van der Waals surface area contributed by atoms with Crippen molar-refractivity contribution in [2.45, 2.75) is 24.3 Å². The van der Waals surface area contributed by atoms with Gasteiger partial charge in [-0.1, -0.05) is 12.1 Å². The van der Waals surface area contributed by atoms with Gasteiger partial charge in [0.15, 0.2) is 0 Å². The van der Waals surface area contributed by atoms with Gasteiger partial charge in [-0.15, -0.1) is 0 Å². The predicted molar refractivity (Wildman–Crippen MR) is 129 cm³/mol. The van der Waals surface area contributed by atoms with Gasteiger partial charge in [0, 0.05) is 49.5 Å². The van der Waals surface area contributed by atoms with Crippen LogP contribution < -0.4 is 14.9 Å². The Hall–Kier alpha value is -2.97. The lowest BCUT2D eigenvalue weighted by atomic mass is 10.0. The first kappa shape index (κ1) is 23.2. The monoisotopic (exact) mass is 468 g/mol. The van der Waals surface area contributed by atoms with Crippen molar-refractivity contribution >= 4 is 29.6 Å². The number of benzene rings is 2. The van der Waals surface area contributed by atoms with E-state index in [-0.39, 0.29) is 17.6 Å². The number of hydrogen-bond donors (Lipinski definition) is 1. The number of halogens is 2. The van der Waals surface area contributed by atoms with Gasteiger partial charge in [0.25, 0.3) is 0 Å². The van der Waals surface area contributed by atoms with Crippen LogP contribution in [-0.2, 0) is 11.2 Å². The van der Waals surface area contributed by atoms with Gasteiger partial charge in [0.2, 0.25) is 0 Å². The van der Waals surface area contributed by atoms with E-state index in [1.807, 2.05) is 42.3 Å². The summed E-state index contributed by atoms with van der Waals surface area (Å²) in [5.74, 6) is -0.443. The highest BCUT2D eigenvalue weighted by Crippen LogP contribution is 2.35. The van der Waals surface area contributed by atoms with Crippen molar-refractivity contribution in [3.8, 4) is 11.3 Å². The number of carbonyl (C=O) groups is 1. The van der Waals surface area contributed by atoms with E-state index in [9.17, 15) is 13.6 Å². The van der Waals surface area contributed by atoms with Crippen molar-refractivity contribution in [2.75, 3.05) is 29.9 Å². The Morgan fingerprint density at radius 3 is 2.52 bits per heavy atom. The number of anilines is 2. The molecule has 1 unspecified atom stereocenters. The molecule has 5 rings (SSSR count). The molecule has 1 aromatic heterocycles. The third-order valence-electron chi connectivity index (χ3n) is 6.17. The summed E-state index contributed by atoms with van der Waals surface area (Å²) < 4.78 is 27.5. The Bertz CT molecular complexity index is 1140. The molecule has 172 valence electrons. The lowest BCUT2D eigenvalue weighted by Crippen LogP contribution is -2.47. The van der Waals surface area contributed by atoms with Crippen LogP contribution in [0, 0.1) is 17.6 Å². The molecule has 2 aliphatic rings. The van der Waals surface area contributed by atoms with Crippen molar-refractivity contribution in [1.29, 1.82) is 0 Å². The van der Waals surface area contributed by atoms with E-state index < -0.39 is 0 Å². The minimum atomic E-state index is -0.271. The molecule has 33 heavy (non-hydrogen) atoms. The minimum absolute atomic E-state index is 0.0369. The van der Waals surface area contributed by atoms with E-state index in [2.05, 4.69) is 16.8 Å². The predicted octanol–water partition coefficient (Wildman–Crippen LogP) is 4.70. The summed E-state index contributed by atoms with van der Waals surface area (Å²) >= 11 is 0.963. The van der Waals surface area contributed by atoms with Gasteiger partial charge in [-0.3, -0.25) is 10.1 Å². The summed E-state index contributed by atoms with van der Waals surface area (Å²) in [6.45, 7) is 3.33. The fourth-order valence-corrected chi connectivity index (χ4v) is 4.46. The van der Waals surface area contributed by atoms with E-state index >= 15 is 0 Å². The zero-order valence-corrected chi connectivity index (χ0v) is 19.4. The van der Waals surface area contributed by atoms with E-state index in [4.69, 9.17) is 5.14 Å². The number of pyridine rings is 1. The van der Waals surface area contributed by atoms with Crippen LogP contribution in [0.1, 0.15) is 12.5 Å². The minimum Gasteiger partial charge on any atom is -0.371 e. The molecule has 0 spiro atoms. The number of likely N-dealkylation sites (N-methyl/N-ethyl adjacent to an activating group) is 1. The van der Waals surface area contributed by atoms with Crippen LogP contribution in [0.4, 0.5) is 20.2 Å². The van der Waals surface area contributed by atoms with E-state index in [0.29, 0.717) is 29.7 Å². The van der Waals surface area contributed by atoms with Crippen LogP contribution >= 0.6 is 11.9 Å². The molecule has 2 aromatic carbocycles. The number of aromatic nitrogens is 1. The first-order valence-electron chi connectivity index (χ1n) is 10.7. The molecule has 5 nitrogen and oxygen atoms in total. The van der Waals surface area contributed by atoms with Crippen LogP contribution in [-0.4, -0.2) is 37.4 Å². The molecule has 0 bridgehead atoms. The summed E-state index contributed by atoms with van der Waals surface area (Å²) in [6, 6.07) is 14.5. The molecule has 3 heterocycles. The van der Waals surface area contributed by atoms with Crippen LogP contribution in [0.5, 0.6) is 0 Å². The maximum atomic E-state index is 14.1. The first-order chi connectivity index (χ1) is 15.9. The lowest BCUT2D eigenvalue weighted by Gasteiger charge is -2.38. The van der Waals surface area contributed by atoms with Gasteiger partial charge in [0.1, 0.15) is 17.9 Å². The Labute approximate surface area is 196 Å². The first-order valence-corrected chi connectivity index (χ1v) is 11.6. The number of carbonyl (C=O) groups excluding carboxylic acids is 1. The van der Waals surface area contributed by atoms with E-state index in [0.717, 1.165) is 47.2 Å². The highest BCUT2D eigenvalue weighted by atomic mass is 32.2. The Morgan fingerprint density at radius 1 is 1.09 bits per heavy atom. The van der Waals surface area contributed by atoms with Crippen LogP contribution in [0.25, 0.3) is 11.3 Å². The molecule has 0 aliphatic carbocycles. The molecular weight excluding hydrogens is 442 g/mol. The quantitative estimate of drug-likeness (QED) is 0.443. The third-order valence-corrected chi connectivity index (χ3v) is 6.73. The summed E-state index contributed by atoms with van der Waals surface area (Å²) in [4.78, 5) is 19.3. The zero-order chi connectivity index (χ0) is 23.5. The van der Waals surface area contributed by atoms with Crippen LogP contribution in [0.15, 0.2) is 59.6 Å². The molecule has 0 radical (unpaired) electrons. The highest BCUT2D eigenvalue weighted by Gasteiger charge is 2.28. The molecule has 2 N–H and O–H groups in total. The van der Waals surface area contributed by atoms with Gasteiger partial charge >= 0.3 is 0 Å². The average Bonchev–Trinajstić information content (AvgIpc) is 3.07. The molecule has 1 saturated heterocycles. The normalized spacial score (nSPS) is 17.2. The second-order valence-corrected chi connectivity index (χ2v) is 9.05. The highest BCUT2D eigenvalue weighted by molar-refractivity contribution is 7.97. The molecule has 3 aromatic rings. The number of aldehydes is 1. The molecule has 1 fully saturated rings. The summed E-state index contributed by atoms with van der Waals surface area (Å²) in [5.41, 5.74) is 4.25.